The Balaban J connectivity index is 1.85. The molecule has 0 saturated heterocycles. The van der Waals surface area contributed by atoms with Gasteiger partial charge >= 0.3 is 5.97 Å². The zero-order chi connectivity index (χ0) is 17.3. The van der Waals surface area contributed by atoms with Gasteiger partial charge in [-0.05, 0) is 36.4 Å². The fraction of sp³-hybridized carbons (Fsp3) is 0.0625. The average molecular weight is 395 g/mol. The second-order valence-electron chi connectivity index (χ2n) is 4.89. The summed E-state index contributed by atoms with van der Waals surface area (Å²) in [7, 11) is 0. The summed E-state index contributed by atoms with van der Waals surface area (Å²) in [5, 5.41) is 0.0418. The summed E-state index contributed by atoms with van der Waals surface area (Å²) in [5.74, 6) is -2.41. The van der Waals surface area contributed by atoms with E-state index in [4.69, 9.17) is 4.74 Å². The molecule has 5 nitrogen and oxygen atoms in total. The van der Waals surface area contributed by atoms with Crippen molar-refractivity contribution in [3.05, 3.63) is 69.2 Å². The van der Waals surface area contributed by atoms with E-state index in [1.165, 1.54) is 24.3 Å². The van der Waals surface area contributed by atoms with Crippen molar-refractivity contribution in [2.75, 3.05) is 0 Å². The lowest BCUT2D eigenvalue weighted by atomic mass is 10.2. The molecule has 0 N–H and O–H groups in total. The number of esters is 1. The van der Waals surface area contributed by atoms with E-state index in [1.807, 2.05) is 0 Å². The van der Waals surface area contributed by atoms with Gasteiger partial charge in [0.05, 0.1) is 17.2 Å². The first-order valence-corrected chi connectivity index (χ1v) is 7.54. The summed E-state index contributed by atoms with van der Waals surface area (Å²) in [4.78, 5) is 28.1. The standard InChI is InChI=1S/C16H9BrF2N2O3/c17-9-1-4-14(12(19)5-9)24-15(22)7-21-8-20-13-3-2-10(18)6-11(13)16(21)23/h1-6,8H,7H2. The minimum Gasteiger partial charge on any atom is -0.422 e. The molecule has 0 atom stereocenters. The summed E-state index contributed by atoms with van der Waals surface area (Å²) >= 11 is 3.09. The summed E-state index contributed by atoms with van der Waals surface area (Å²) < 4.78 is 33.3. The van der Waals surface area contributed by atoms with E-state index < -0.39 is 29.7 Å². The summed E-state index contributed by atoms with van der Waals surface area (Å²) in [6.45, 7) is -0.478. The largest absolute Gasteiger partial charge is 0.422 e. The van der Waals surface area contributed by atoms with Crippen LogP contribution in [0.3, 0.4) is 0 Å². The lowest BCUT2D eigenvalue weighted by Crippen LogP contribution is -2.27. The topological polar surface area (TPSA) is 61.2 Å². The molecule has 0 unspecified atom stereocenters. The Kier molecular flexibility index (Phi) is 4.39. The molecule has 3 rings (SSSR count). The molecule has 3 aromatic rings. The second kappa shape index (κ2) is 6.48. The second-order valence-corrected chi connectivity index (χ2v) is 5.80. The van der Waals surface area contributed by atoms with Gasteiger partial charge in [-0.25, -0.2) is 18.6 Å². The third kappa shape index (κ3) is 3.33. The number of halogens is 3. The molecule has 0 fully saturated rings. The Morgan fingerprint density at radius 2 is 2.00 bits per heavy atom. The molecule has 0 amide bonds. The number of aromatic nitrogens is 2. The number of hydrogen-bond acceptors (Lipinski definition) is 4. The molecule has 8 heteroatoms. The maximum Gasteiger partial charge on any atom is 0.331 e. The molecule has 2 aromatic carbocycles. The van der Waals surface area contributed by atoms with E-state index in [2.05, 4.69) is 20.9 Å². The normalized spacial score (nSPS) is 10.8. The first-order chi connectivity index (χ1) is 11.4. The van der Waals surface area contributed by atoms with Crippen molar-refractivity contribution >= 4 is 32.8 Å². The average Bonchev–Trinajstić information content (AvgIpc) is 2.53. The van der Waals surface area contributed by atoms with Gasteiger partial charge in [0.15, 0.2) is 11.6 Å². The van der Waals surface area contributed by atoms with E-state index >= 15 is 0 Å². The van der Waals surface area contributed by atoms with Gasteiger partial charge < -0.3 is 4.74 Å². The highest BCUT2D eigenvalue weighted by Crippen LogP contribution is 2.21. The van der Waals surface area contributed by atoms with Crippen LogP contribution in [0.25, 0.3) is 10.9 Å². The van der Waals surface area contributed by atoms with Gasteiger partial charge in [0.25, 0.3) is 5.56 Å². The van der Waals surface area contributed by atoms with Crippen molar-refractivity contribution < 1.29 is 18.3 Å². The molecular formula is C16H9BrF2N2O3. The molecular weight excluding hydrogens is 386 g/mol. The van der Waals surface area contributed by atoms with E-state index in [1.54, 1.807) is 0 Å². The summed E-state index contributed by atoms with van der Waals surface area (Å²) in [6, 6.07) is 7.54. The Bertz CT molecular complexity index is 1000. The molecule has 1 heterocycles. The van der Waals surface area contributed by atoms with Crippen molar-refractivity contribution in [3.63, 3.8) is 0 Å². The van der Waals surface area contributed by atoms with Gasteiger partial charge in [0.2, 0.25) is 0 Å². The SMILES string of the molecule is O=C(Cn1cnc2ccc(F)cc2c1=O)Oc1ccc(Br)cc1F. The molecule has 0 saturated carbocycles. The molecule has 0 radical (unpaired) electrons. The third-order valence-electron chi connectivity index (χ3n) is 3.20. The van der Waals surface area contributed by atoms with Gasteiger partial charge in [-0.15, -0.1) is 0 Å². The van der Waals surface area contributed by atoms with E-state index in [0.717, 1.165) is 23.0 Å². The minimum absolute atomic E-state index is 0.0418. The Hall–Kier alpha value is -2.61. The molecule has 0 aliphatic carbocycles. The lowest BCUT2D eigenvalue weighted by Gasteiger charge is -2.08. The quantitative estimate of drug-likeness (QED) is 0.505. The van der Waals surface area contributed by atoms with E-state index in [9.17, 15) is 18.4 Å². The van der Waals surface area contributed by atoms with Crippen LogP contribution in [0.2, 0.25) is 0 Å². The van der Waals surface area contributed by atoms with Crippen LogP contribution < -0.4 is 10.3 Å². The monoisotopic (exact) mass is 394 g/mol. The number of ether oxygens (including phenoxy) is 1. The number of nitrogens with zero attached hydrogens (tertiary/aromatic N) is 2. The van der Waals surface area contributed by atoms with Crippen molar-refractivity contribution in [2.45, 2.75) is 6.54 Å². The molecule has 0 spiro atoms. The van der Waals surface area contributed by atoms with Gasteiger partial charge in [-0.1, -0.05) is 15.9 Å². The van der Waals surface area contributed by atoms with Crippen molar-refractivity contribution in [2.24, 2.45) is 0 Å². The predicted octanol–water partition coefficient (Wildman–Crippen LogP) is 3.04. The van der Waals surface area contributed by atoms with Crippen LogP contribution in [0.1, 0.15) is 0 Å². The van der Waals surface area contributed by atoms with Crippen LogP contribution in [0.5, 0.6) is 5.75 Å². The molecule has 0 bridgehead atoms. The number of benzene rings is 2. The highest BCUT2D eigenvalue weighted by molar-refractivity contribution is 9.10. The van der Waals surface area contributed by atoms with E-state index in [0.29, 0.717) is 9.99 Å². The van der Waals surface area contributed by atoms with Gasteiger partial charge in [-0.3, -0.25) is 9.36 Å². The maximum atomic E-state index is 13.7. The first kappa shape index (κ1) is 16.3. The molecule has 0 aliphatic heterocycles. The molecule has 0 aliphatic rings. The van der Waals surface area contributed by atoms with Gasteiger partial charge in [0.1, 0.15) is 12.4 Å². The number of carbonyl (C=O) groups excluding carboxylic acids is 1. The lowest BCUT2D eigenvalue weighted by molar-refractivity contribution is -0.135. The third-order valence-corrected chi connectivity index (χ3v) is 3.70. The number of fused-ring (bicyclic) bond motifs is 1. The minimum atomic E-state index is -0.851. The van der Waals surface area contributed by atoms with Crippen LogP contribution in [0, 0.1) is 11.6 Å². The molecule has 1 aromatic heterocycles. The molecule has 122 valence electrons. The van der Waals surface area contributed by atoms with Crippen molar-refractivity contribution in [3.8, 4) is 5.75 Å². The smallest absolute Gasteiger partial charge is 0.331 e. The predicted molar refractivity (Wildman–Crippen MR) is 85.7 cm³/mol. The van der Waals surface area contributed by atoms with Crippen molar-refractivity contribution in [1.82, 2.24) is 9.55 Å². The zero-order valence-electron chi connectivity index (χ0n) is 12.0. The van der Waals surface area contributed by atoms with Crippen LogP contribution in [-0.4, -0.2) is 15.5 Å². The Morgan fingerprint density at radius 3 is 2.75 bits per heavy atom. The van der Waals surface area contributed by atoms with E-state index in [-0.39, 0.29) is 11.1 Å². The highest BCUT2D eigenvalue weighted by atomic mass is 79.9. The zero-order valence-corrected chi connectivity index (χ0v) is 13.6. The summed E-state index contributed by atoms with van der Waals surface area (Å²) in [5.41, 5.74) is -0.280. The van der Waals surface area contributed by atoms with Crippen molar-refractivity contribution in [1.29, 1.82) is 0 Å². The maximum absolute atomic E-state index is 13.7. The van der Waals surface area contributed by atoms with Crippen LogP contribution in [-0.2, 0) is 11.3 Å². The van der Waals surface area contributed by atoms with Gasteiger partial charge in [-0.2, -0.15) is 0 Å². The molecule has 24 heavy (non-hydrogen) atoms. The highest BCUT2D eigenvalue weighted by Gasteiger charge is 2.13. The summed E-state index contributed by atoms with van der Waals surface area (Å²) in [6.07, 6.45) is 1.15. The fourth-order valence-electron chi connectivity index (χ4n) is 2.10. The van der Waals surface area contributed by atoms with Crippen LogP contribution >= 0.6 is 15.9 Å². The number of rotatable bonds is 3. The Morgan fingerprint density at radius 1 is 1.21 bits per heavy atom. The number of carbonyl (C=O) groups is 1. The van der Waals surface area contributed by atoms with Crippen LogP contribution in [0.15, 0.2) is 52.0 Å². The Labute approximate surface area is 142 Å². The fourth-order valence-corrected chi connectivity index (χ4v) is 2.43. The van der Waals surface area contributed by atoms with Crippen LogP contribution in [0.4, 0.5) is 8.78 Å². The first-order valence-electron chi connectivity index (χ1n) is 6.74. The number of hydrogen-bond donors (Lipinski definition) is 0. The van der Waals surface area contributed by atoms with Gasteiger partial charge in [0, 0.05) is 4.47 Å².